The highest BCUT2D eigenvalue weighted by molar-refractivity contribution is 7.85. The van der Waals surface area contributed by atoms with Crippen LogP contribution in [-0.4, -0.2) is 18.7 Å². The molecule has 1 atom stereocenters. The van der Waals surface area contributed by atoms with Crippen LogP contribution in [0.5, 0.6) is 0 Å². The highest BCUT2D eigenvalue weighted by atomic mass is 32.2. The van der Waals surface area contributed by atoms with Gasteiger partial charge < -0.3 is 0 Å². The summed E-state index contributed by atoms with van der Waals surface area (Å²) in [6.45, 7) is 2.24. The van der Waals surface area contributed by atoms with E-state index in [9.17, 15) is 8.42 Å². The zero-order valence-electron chi connectivity index (χ0n) is 14.8. The maximum atomic E-state index is 10.7. The van der Waals surface area contributed by atoms with E-state index >= 15 is 0 Å². The SMILES string of the molecule is CCCCCCCCCCCCCCC(C#N)CCS(=O)(=O)O. The van der Waals surface area contributed by atoms with Crippen LogP contribution in [0.15, 0.2) is 0 Å². The number of hydrogen-bond donors (Lipinski definition) is 1. The Balaban J connectivity index is 3.36. The summed E-state index contributed by atoms with van der Waals surface area (Å²) >= 11 is 0. The molecular formula is C18H35NO3S. The Kier molecular flexibility index (Phi) is 14.6. The first-order valence-corrected chi connectivity index (χ1v) is 10.9. The van der Waals surface area contributed by atoms with E-state index in [0.29, 0.717) is 0 Å². The molecule has 0 rings (SSSR count). The average Bonchev–Trinajstić information content (AvgIpc) is 2.50. The lowest BCUT2D eigenvalue weighted by Gasteiger charge is -2.07. The van der Waals surface area contributed by atoms with Crippen molar-refractivity contribution in [2.45, 2.75) is 96.8 Å². The van der Waals surface area contributed by atoms with E-state index in [2.05, 4.69) is 13.0 Å². The first-order chi connectivity index (χ1) is 11.0. The lowest BCUT2D eigenvalue weighted by Crippen LogP contribution is -2.09. The fourth-order valence-corrected chi connectivity index (χ4v) is 3.38. The smallest absolute Gasteiger partial charge is 0.264 e. The standard InChI is InChI=1S/C18H35NO3S/c1-2-3-4-5-6-7-8-9-10-11-12-13-14-18(17-19)15-16-23(20,21)22/h18H,2-16H2,1H3,(H,20,21,22). The highest BCUT2D eigenvalue weighted by Gasteiger charge is 2.12. The number of unbranched alkanes of at least 4 members (excludes halogenated alkanes) is 11. The summed E-state index contributed by atoms with van der Waals surface area (Å²) in [5.41, 5.74) is 0. The quantitative estimate of drug-likeness (QED) is 0.296. The number of rotatable bonds is 16. The first-order valence-electron chi connectivity index (χ1n) is 9.34. The molecule has 0 bridgehead atoms. The largest absolute Gasteiger partial charge is 0.286 e. The molecule has 0 radical (unpaired) electrons. The van der Waals surface area contributed by atoms with E-state index in [1.54, 1.807) is 0 Å². The maximum absolute atomic E-state index is 10.7. The summed E-state index contributed by atoms with van der Waals surface area (Å²) in [5, 5.41) is 8.97. The highest BCUT2D eigenvalue weighted by Crippen LogP contribution is 2.16. The van der Waals surface area contributed by atoms with Crippen molar-refractivity contribution in [1.29, 1.82) is 5.26 Å². The Morgan fingerprint density at radius 3 is 1.65 bits per heavy atom. The minimum atomic E-state index is -3.94. The van der Waals surface area contributed by atoms with E-state index in [1.165, 1.54) is 64.2 Å². The molecule has 0 aliphatic heterocycles. The van der Waals surface area contributed by atoms with Gasteiger partial charge in [0.15, 0.2) is 0 Å². The molecular weight excluding hydrogens is 310 g/mol. The first kappa shape index (κ1) is 22.4. The van der Waals surface area contributed by atoms with Crippen molar-refractivity contribution >= 4 is 10.1 Å². The Morgan fingerprint density at radius 1 is 0.826 bits per heavy atom. The number of hydrogen-bond acceptors (Lipinski definition) is 3. The van der Waals surface area contributed by atoms with E-state index in [1.807, 2.05) is 0 Å². The van der Waals surface area contributed by atoms with Gasteiger partial charge in [0.2, 0.25) is 0 Å². The second kappa shape index (κ2) is 15.0. The molecule has 0 saturated heterocycles. The Morgan fingerprint density at radius 2 is 1.26 bits per heavy atom. The zero-order chi connectivity index (χ0) is 17.4. The molecule has 0 saturated carbocycles. The molecule has 0 aromatic carbocycles. The topological polar surface area (TPSA) is 78.2 Å². The molecule has 0 amide bonds. The third-order valence-electron chi connectivity index (χ3n) is 4.31. The molecule has 0 spiro atoms. The molecule has 136 valence electrons. The van der Waals surface area contributed by atoms with Crippen LogP contribution in [-0.2, 0) is 10.1 Å². The molecule has 0 aliphatic carbocycles. The number of nitriles is 1. The zero-order valence-corrected chi connectivity index (χ0v) is 15.6. The van der Waals surface area contributed by atoms with Gasteiger partial charge in [-0.05, 0) is 12.8 Å². The fraction of sp³-hybridized carbons (Fsp3) is 0.944. The maximum Gasteiger partial charge on any atom is 0.264 e. The molecule has 23 heavy (non-hydrogen) atoms. The van der Waals surface area contributed by atoms with Crippen molar-refractivity contribution in [3.8, 4) is 6.07 Å². The van der Waals surface area contributed by atoms with Crippen LogP contribution in [0.2, 0.25) is 0 Å². The van der Waals surface area contributed by atoms with Crippen LogP contribution in [0.25, 0.3) is 0 Å². The van der Waals surface area contributed by atoms with Gasteiger partial charge >= 0.3 is 0 Å². The van der Waals surface area contributed by atoms with Gasteiger partial charge in [0.1, 0.15) is 0 Å². The second-order valence-electron chi connectivity index (χ2n) is 6.58. The Bertz CT molecular complexity index is 401. The lowest BCUT2D eigenvalue weighted by atomic mass is 9.99. The van der Waals surface area contributed by atoms with Gasteiger partial charge in [-0.1, -0.05) is 84.0 Å². The van der Waals surface area contributed by atoms with Gasteiger partial charge in [0.05, 0.1) is 11.8 Å². The van der Waals surface area contributed by atoms with E-state index in [0.717, 1.165) is 19.3 Å². The van der Waals surface area contributed by atoms with Crippen LogP contribution < -0.4 is 0 Å². The van der Waals surface area contributed by atoms with Crippen molar-refractivity contribution in [2.24, 2.45) is 5.92 Å². The summed E-state index contributed by atoms with van der Waals surface area (Å²) in [4.78, 5) is 0. The number of nitrogens with zero attached hydrogens (tertiary/aromatic N) is 1. The van der Waals surface area contributed by atoms with Crippen molar-refractivity contribution in [3.63, 3.8) is 0 Å². The van der Waals surface area contributed by atoms with Gasteiger partial charge in [-0.2, -0.15) is 13.7 Å². The molecule has 4 nitrogen and oxygen atoms in total. The average molecular weight is 346 g/mol. The summed E-state index contributed by atoms with van der Waals surface area (Å²) in [5.74, 6) is -0.552. The van der Waals surface area contributed by atoms with Gasteiger partial charge in [-0.25, -0.2) is 0 Å². The van der Waals surface area contributed by atoms with Gasteiger partial charge in [-0.3, -0.25) is 4.55 Å². The van der Waals surface area contributed by atoms with Gasteiger partial charge in [0.25, 0.3) is 10.1 Å². The minimum Gasteiger partial charge on any atom is -0.286 e. The monoisotopic (exact) mass is 345 g/mol. The van der Waals surface area contributed by atoms with Crippen LogP contribution >= 0.6 is 0 Å². The summed E-state index contributed by atoms with van der Waals surface area (Å²) in [7, 11) is -3.94. The van der Waals surface area contributed by atoms with Gasteiger partial charge in [0, 0.05) is 5.92 Å². The normalized spacial score (nSPS) is 12.9. The molecule has 0 fully saturated rings. The summed E-state index contributed by atoms with van der Waals surface area (Å²) in [6.07, 6.45) is 16.3. The van der Waals surface area contributed by atoms with Crippen molar-refractivity contribution in [3.05, 3.63) is 0 Å². The molecule has 0 aromatic heterocycles. The van der Waals surface area contributed by atoms with Crippen LogP contribution in [0.3, 0.4) is 0 Å². The Hall–Kier alpha value is -0.600. The van der Waals surface area contributed by atoms with E-state index < -0.39 is 10.1 Å². The van der Waals surface area contributed by atoms with Crippen LogP contribution in [0.1, 0.15) is 96.8 Å². The summed E-state index contributed by atoms with van der Waals surface area (Å²) in [6, 6.07) is 2.14. The molecule has 1 unspecified atom stereocenters. The second-order valence-corrected chi connectivity index (χ2v) is 8.15. The predicted octanol–water partition coefficient (Wildman–Crippen LogP) is 5.50. The van der Waals surface area contributed by atoms with Gasteiger partial charge in [-0.15, -0.1) is 0 Å². The van der Waals surface area contributed by atoms with Crippen molar-refractivity contribution in [1.82, 2.24) is 0 Å². The fourth-order valence-electron chi connectivity index (χ4n) is 2.80. The lowest BCUT2D eigenvalue weighted by molar-refractivity contribution is 0.467. The van der Waals surface area contributed by atoms with E-state index in [4.69, 9.17) is 9.81 Å². The third-order valence-corrected chi connectivity index (χ3v) is 5.06. The van der Waals surface area contributed by atoms with Crippen LogP contribution in [0.4, 0.5) is 0 Å². The predicted molar refractivity (Wildman–Crippen MR) is 95.8 cm³/mol. The van der Waals surface area contributed by atoms with Crippen LogP contribution in [0, 0.1) is 17.2 Å². The van der Waals surface area contributed by atoms with E-state index in [-0.39, 0.29) is 18.1 Å². The minimum absolute atomic E-state index is 0.243. The van der Waals surface area contributed by atoms with Crippen molar-refractivity contribution < 1.29 is 13.0 Å². The Labute approximate surface area is 143 Å². The molecule has 0 aromatic rings. The molecule has 5 heteroatoms. The third kappa shape index (κ3) is 17.6. The molecule has 1 N–H and O–H groups in total. The summed E-state index contributed by atoms with van der Waals surface area (Å²) < 4.78 is 30.0. The molecule has 0 aliphatic rings. The molecule has 0 heterocycles. The van der Waals surface area contributed by atoms with Crippen molar-refractivity contribution in [2.75, 3.05) is 5.75 Å².